The third-order valence-corrected chi connectivity index (χ3v) is 4.88. The monoisotopic (exact) mass is 405 g/mol. The van der Waals surface area contributed by atoms with Gasteiger partial charge >= 0.3 is 0 Å². The van der Waals surface area contributed by atoms with Crippen LogP contribution in [-0.4, -0.2) is 32.7 Å². The maximum atomic E-state index is 12.4. The zero-order chi connectivity index (χ0) is 21.2. The van der Waals surface area contributed by atoms with Gasteiger partial charge < -0.3 is 20.1 Å². The number of aryl methyl sites for hydroxylation is 1. The molecule has 3 rings (SSSR count). The fourth-order valence-electron chi connectivity index (χ4n) is 3.29. The summed E-state index contributed by atoms with van der Waals surface area (Å²) in [6, 6.07) is 26.3. The maximum Gasteiger partial charge on any atom is 0.275 e. The van der Waals surface area contributed by atoms with Gasteiger partial charge in [0.25, 0.3) is 5.91 Å². The smallest absolute Gasteiger partial charge is 0.275 e. The number of amides is 1. The van der Waals surface area contributed by atoms with Gasteiger partial charge in [-0.2, -0.15) is 0 Å². The molecule has 5 nitrogen and oxygen atoms in total. The predicted molar refractivity (Wildman–Crippen MR) is 118 cm³/mol. The molecule has 0 aliphatic carbocycles. The summed E-state index contributed by atoms with van der Waals surface area (Å²) in [4.78, 5) is 12.4. The second-order valence-electron chi connectivity index (χ2n) is 7.09. The molecule has 0 fully saturated rings. The Morgan fingerprint density at radius 2 is 1.53 bits per heavy atom. The van der Waals surface area contributed by atoms with Crippen LogP contribution in [0.15, 0.2) is 78.9 Å². The molecular formula is C25H29N2O3+. The lowest BCUT2D eigenvalue weighted by atomic mass is 9.98. The number of carbonyl (C=O) groups is 1. The summed E-state index contributed by atoms with van der Waals surface area (Å²) in [6.07, 6.45) is 0. The second-order valence-corrected chi connectivity index (χ2v) is 7.09. The molecule has 0 aromatic heterocycles. The first-order valence-electron chi connectivity index (χ1n) is 10.1. The fourth-order valence-corrected chi connectivity index (χ4v) is 3.29. The van der Waals surface area contributed by atoms with E-state index in [0.29, 0.717) is 31.2 Å². The molecule has 1 atom stereocenters. The summed E-state index contributed by atoms with van der Waals surface area (Å²) in [6.45, 7) is 3.23. The van der Waals surface area contributed by atoms with Crippen molar-refractivity contribution < 1.29 is 19.6 Å². The van der Waals surface area contributed by atoms with Crippen LogP contribution >= 0.6 is 0 Å². The standard InChI is InChI=1S/C25H28N2O3/c1-19-12-14-21(15-13-19)25(20-8-4-3-5-9-20)27-18-24(28)26-16-17-30-23-11-7-6-10-22(23)29-2/h3-15,25,27H,16-18H2,1-2H3,(H,26,28)/p+1/t25-/m0/s1. The van der Waals surface area contributed by atoms with Gasteiger partial charge in [-0.15, -0.1) is 0 Å². The van der Waals surface area contributed by atoms with Crippen molar-refractivity contribution in [1.29, 1.82) is 0 Å². The topological polar surface area (TPSA) is 64.2 Å². The molecule has 0 bridgehead atoms. The Bertz CT molecular complexity index is 927. The number of nitrogens with two attached hydrogens (primary N) is 1. The molecular weight excluding hydrogens is 376 g/mol. The van der Waals surface area contributed by atoms with Crippen molar-refractivity contribution in [3.63, 3.8) is 0 Å². The normalized spacial score (nSPS) is 11.5. The van der Waals surface area contributed by atoms with Gasteiger partial charge in [-0.1, -0.05) is 72.3 Å². The van der Waals surface area contributed by atoms with E-state index in [1.165, 1.54) is 16.7 Å². The molecule has 0 radical (unpaired) electrons. The van der Waals surface area contributed by atoms with Crippen LogP contribution in [0.5, 0.6) is 11.5 Å². The maximum absolute atomic E-state index is 12.4. The molecule has 0 saturated carbocycles. The van der Waals surface area contributed by atoms with E-state index in [4.69, 9.17) is 9.47 Å². The van der Waals surface area contributed by atoms with Crippen molar-refractivity contribution in [3.05, 3.63) is 95.6 Å². The minimum atomic E-state index is -0.0216. The number of carbonyl (C=O) groups excluding carboxylic acids is 1. The van der Waals surface area contributed by atoms with Crippen LogP contribution in [0, 0.1) is 6.92 Å². The van der Waals surface area contributed by atoms with E-state index in [1.807, 2.05) is 42.5 Å². The van der Waals surface area contributed by atoms with Crippen molar-refractivity contribution in [1.82, 2.24) is 5.32 Å². The lowest BCUT2D eigenvalue weighted by molar-refractivity contribution is -0.676. The predicted octanol–water partition coefficient (Wildman–Crippen LogP) is 2.85. The fraction of sp³-hybridized carbons (Fsp3) is 0.240. The van der Waals surface area contributed by atoms with E-state index >= 15 is 0 Å². The van der Waals surface area contributed by atoms with Gasteiger partial charge in [0.05, 0.1) is 13.7 Å². The molecule has 3 aromatic carbocycles. The summed E-state index contributed by atoms with van der Waals surface area (Å²) < 4.78 is 11.0. The van der Waals surface area contributed by atoms with Gasteiger partial charge in [-0.25, -0.2) is 0 Å². The van der Waals surface area contributed by atoms with Crippen LogP contribution < -0.4 is 20.1 Å². The molecule has 1 amide bonds. The number of nitrogens with one attached hydrogen (secondary N) is 1. The van der Waals surface area contributed by atoms with E-state index in [0.717, 1.165) is 0 Å². The molecule has 0 aliphatic heterocycles. The molecule has 156 valence electrons. The number of para-hydroxylation sites is 2. The highest BCUT2D eigenvalue weighted by atomic mass is 16.5. The third kappa shape index (κ3) is 6.09. The average Bonchev–Trinajstić information content (AvgIpc) is 2.79. The number of hydrogen-bond acceptors (Lipinski definition) is 3. The largest absolute Gasteiger partial charge is 0.493 e. The molecule has 0 unspecified atom stereocenters. The Hall–Kier alpha value is -3.31. The quantitative estimate of drug-likeness (QED) is 0.510. The molecule has 0 aliphatic rings. The summed E-state index contributed by atoms with van der Waals surface area (Å²) in [5.74, 6) is 1.33. The van der Waals surface area contributed by atoms with Crippen LogP contribution in [0.3, 0.4) is 0 Å². The molecule has 5 heteroatoms. The van der Waals surface area contributed by atoms with Gasteiger partial charge in [0.2, 0.25) is 0 Å². The number of methoxy groups -OCH3 is 1. The third-order valence-electron chi connectivity index (χ3n) is 4.88. The Morgan fingerprint density at radius 1 is 0.900 bits per heavy atom. The van der Waals surface area contributed by atoms with Crippen LogP contribution in [0.1, 0.15) is 22.7 Å². The van der Waals surface area contributed by atoms with Crippen LogP contribution in [0.2, 0.25) is 0 Å². The first kappa shape index (κ1) is 21.4. The summed E-state index contributed by atoms with van der Waals surface area (Å²) in [7, 11) is 1.61. The minimum absolute atomic E-state index is 0.0216. The van der Waals surface area contributed by atoms with Crippen LogP contribution in [0.4, 0.5) is 0 Å². The summed E-state index contributed by atoms with van der Waals surface area (Å²) >= 11 is 0. The molecule has 0 heterocycles. The van der Waals surface area contributed by atoms with Crippen molar-refractivity contribution in [3.8, 4) is 11.5 Å². The Labute approximate surface area is 178 Å². The minimum Gasteiger partial charge on any atom is -0.493 e. The van der Waals surface area contributed by atoms with E-state index in [2.05, 4.69) is 54.0 Å². The lowest BCUT2D eigenvalue weighted by Gasteiger charge is -2.17. The zero-order valence-corrected chi connectivity index (χ0v) is 17.5. The number of ether oxygens (including phenoxy) is 2. The highest BCUT2D eigenvalue weighted by molar-refractivity contribution is 5.76. The van der Waals surface area contributed by atoms with Crippen molar-refractivity contribution >= 4 is 5.91 Å². The van der Waals surface area contributed by atoms with E-state index in [9.17, 15) is 4.79 Å². The Morgan fingerprint density at radius 3 is 2.23 bits per heavy atom. The van der Waals surface area contributed by atoms with Crippen molar-refractivity contribution in [2.75, 3.05) is 26.8 Å². The first-order valence-corrected chi connectivity index (χ1v) is 10.1. The SMILES string of the molecule is COc1ccccc1OCCNC(=O)C[NH2+][C@@H](c1ccccc1)c1ccc(C)cc1. The van der Waals surface area contributed by atoms with E-state index in [-0.39, 0.29) is 11.9 Å². The van der Waals surface area contributed by atoms with Crippen molar-refractivity contribution in [2.24, 2.45) is 0 Å². The van der Waals surface area contributed by atoms with Gasteiger partial charge in [-0.3, -0.25) is 4.79 Å². The molecule has 0 spiro atoms. The van der Waals surface area contributed by atoms with E-state index < -0.39 is 0 Å². The Balaban J connectivity index is 1.51. The van der Waals surface area contributed by atoms with Crippen molar-refractivity contribution in [2.45, 2.75) is 13.0 Å². The molecule has 0 saturated heterocycles. The summed E-state index contributed by atoms with van der Waals surface area (Å²) in [5, 5.41) is 4.99. The zero-order valence-electron chi connectivity index (χ0n) is 17.5. The molecule has 30 heavy (non-hydrogen) atoms. The average molecular weight is 406 g/mol. The van der Waals surface area contributed by atoms with Gasteiger partial charge in [0, 0.05) is 11.1 Å². The number of quaternary nitrogens is 1. The molecule has 3 N–H and O–H groups in total. The number of rotatable bonds is 10. The van der Waals surface area contributed by atoms with Gasteiger partial charge in [0.1, 0.15) is 12.6 Å². The Kier molecular flexibility index (Phi) is 7.86. The lowest BCUT2D eigenvalue weighted by Crippen LogP contribution is -2.87. The second kappa shape index (κ2) is 11.0. The highest BCUT2D eigenvalue weighted by Gasteiger charge is 2.18. The van der Waals surface area contributed by atoms with Gasteiger partial charge in [0.15, 0.2) is 18.0 Å². The van der Waals surface area contributed by atoms with Crippen LogP contribution in [-0.2, 0) is 4.79 Å². The van der Waals surface area contributed by atoms with Gasteiger partial charge in [-0.05, 0) is 19.1 Å². The first-order chi connectivity index (χ1) is 14.7. The number of hydrogen-bond donors (Lipinski definition) is 2. The molecule has 3 aromatic rings. The van der Waals surface area contributed by atoms with Crippen LogP contribution in [0.25, 0.3) is 0 Å². The number of benzene rings is 3. The highest BCUT2D eigenvalue weighted by Crippen LogP contribution is 2.25. The summed E-state index contributed by atoms with van der Waals surface area (Å²) in [5.41, 5.74) is 3.58. The van der Waals surface area contributed by atoms with E-state index in [1.54, 1.807) is 7.11 Å².